The minimum absolute atomic E-state index is 0.214. The van der Waals surface area contributed by atoms with E-state index in [1.165, 1.54) is 29.0 Å². The van der Waals surface area contributed by atoms with E-state index in [0.29, 0.717) is 21.8 Å². The molecule has 162 valence electrons. The quantitative estimate of drug-likeness (QED) is 0.623. The molecule has 2 aromatic carbocycles. The van der Waals surface area contributed by atoms with Crippen LogP contribution in [0.4, 0.5) is 4.39 Å². The second-order valence-corrected chi connectivity index (χ2v) is 9.50. The normalized spacial score (nSPS) is 15.3. The highest BCUT2D eigenvalue weighted by atomic mass is 32.2. The van der Waals surface area contributed by atoms with Crippen LogP contribution in [-0.2, 0) is 10.0 Å². The third-order valence-electron chi connectivity index (χ3n) is 5.44. The summed E-state index contributed by atoms with van der Waals surface area (Å²) >= 11 is 0. The smallest absolute Gasteiger partial charge is 0.272 e. The van der Waals surface area contributed by atoms with Crippen molar-refractivity contribution in [2.45, 2.75) is 18.7 Å². The summed E-state index contributed by atoms with van der Waals surface area (Å²) in [6, 6.07) is 11.1. The third-order valence-corrected chi connectivity index (χ3v) is 7.50. The number of aromatic nitrogens is 2. The number of hydrogen-bond donors (Lipinski definition) is 0. The maximum absolute atomic E-state index is 13.2. The summed E-state index contributed by atoms with van der Waals surface area (Å²) in [6.07, 6.45) is 2.96. The molecule has 0 bridgehead atoms. The van der Waals surface area contributed by atoms with Gasteiger partial charge in [0.2, 0.25) is 10.0 Å². The molecule has 7 nitrogen and oxygen atoms in total. The van der Waals surface area contributed by atoms with E-state index >= 15 is 0 Å². The van der Waals surface area contributed by atoms with Crippen molar-refractivity contribution in [1.29, 1.82) is 0 Å². The minimum atomic E-state index is -3.63. The zero-order valence-electron chi connectivity index (χ0n) is 17.3. The Morgan fingerprint density at radius 2 is 1.68 bits per heavy atom. The molecule has 4 rings (SSSR count). The van der Waals surface area contributed by atoms with E-state index in [2.05, 4.69) is 4.98 Å². The number of amides is 1. The fourth-order valence-electron chi connectivity index (χ4n) is 3.78. The first-order valence-corrected chi connectivity index (χ1v) is 11.4. The highest BCUT2D eigenvalue weighted by Crippen LogP contribution is 2.23. The lowest BCUT2D eigenvalue weighted by Gasteiger charge is -2.34. The number of carbonyl (C=O) groups excluding carboxylic acids is 1. The largest absolute Gasteiger partial charge is 0.335 e. The first-order valence-electron chi connectivity index (χ1n) is 9.92. The van der Waals surface area contributed by atoms with Gasteiger partial charge in [-0.25, -0.2) is 17.8 Å². The topological polar surface area (TPSA) is 75.5 Å². The lowest BCUT2D eigenvalue weighted by Crippen LogP contribution is -2.50. The SMILES string of the molecule is Cc1ccc(S(=O)(=O)N2CCN(C(=O)c3cncn3-c3ccc(F)cc3)CC2)c(C)c1. The van der Waals surface area contributed by atoms with E-state index in [1.807, 2.05) is 13.0 Å². The number of imidazole rings is 1. The average Bonchev–Trinajstić information content (AvgIpc) is 3.23. The predicted octanol–water partition coefficient (Wildman–Crippen LogP) is 2.77. The Morgan fingerprint density at radius 1 is 1.00 bits per heavy atom. The first-order chi connectivity index (χ1) is 14.8. The van der Waals surface area contributed by atoms with Crippen molar-refractivity contribution in [3.05, 3.63) is 77.6 Å². The summed E-state index contributed by atoms with van der Waals surface area (Å²) in [5.41, 5.74) is 2.68. The highest BCUT2D eigenvalue weighted by Gasteiger charge is 2.32. The number of benzene rings is 2. The van der Waals surface area contributed by atoms with Crippen molar-refractivity contribution in [2.75, 3.05) is 26.2 Å². The Labute approximate surface area is 180 Å². The van der Waals surface area contributed by atoms with Crippen LogP contribution in [0.3, 0.4) is 0 Å². The van der Waals surface area contributed by atoms with Gasteiger partial charge in [0.05, 0.1) is 17.4 Å². The van der Waals surface area contributed by atoms with Gasteiger partial charge in [-0.2, -0.15) is 4.31 Å². The average molecular weight is 443 g/mol. The molecule has 2 heterocycles. The molecule has 0 aliphatic carbocycles. The van der Waals surface area contributed by atoms with Crippen LogP contribution in [0.2, 0.25) is 0 Å². The van der Waals surface area contributed by atoms with Gasteiger partial charge >= 0.3 is 0 Å². The molecule has 0 spiro atoms. The monoisotopic (exact) mass is 442 g/mol. The number of aryl methyl sites for hydroxylation is 2. The molecule has 31 heavy (non-hydrogen) atoms. The van der Waals surface area contributed by atoms with Gasteiger partial charge in [-0.15, -0.1) is 0 Å². The fraction of sp³-hybridized carbons (Fsp3) is 0.273. The maximum atomic E-state index is 13.2. The third kappa shape index (κ3) is 4.11. The van der Waals surface area contributed by atoms with Crippen LogP contribution in [0.5, 0.6) is 0 Å². The Kier molecular flexibility index (Phi) is 5.63. The second-order valence-electron chi connectivity index (χ2n) is 7.59. The lowest BCUT2D eigenvalue weighted by molar-refractivity contribution is 0.0689. The minimum Gasteiger partial charge on any atom is -0.335 e. The molecule has 1 aliphatic rings. The van der Waals surface area contributed by atoms with Crippen LogP contribution in [-0.4, -0.2) is 59.3 Å². The molecule has 0 saturated carbocycles. The Morgan fingerprint density at radius 3 is 2.32 bits per heavy atom. The summed E-state index contributed by atoms with van der Waals surface area (Å²) in [5.74, 6) is -0.608. The molecule has 9 heteroatoms. The van der Waals surface area contributed by atoms with Gasteiger partial charge in [-0.3, -0.25) is 9.36 Å². The number of piperazine rings is 1. The van der Waals surface area contributed by atoms with E-state index in [0.717, 1.165) is 5.56 Å². The number of rotatable bonds is 4. The molecule has 3 aromatic rings. The molecule has 1 saturated heterocycles. The van der Waals surface area contributed by atoms with Gasteiger partial charge in [0.15, 0.2) is 0 Å². The first kappa shape index (κ1) is 21.2. The van der Waals surface area contributed by atoms with Crippen molar-refractivity contribution in [2.24, 2.45) is 0 Å². The van der Waals surface area contributed by atoms with Crippen molar-refractivity contribution < 1.29 is 17.6 Å². The molecule has 1 amide bonds. The van der Waals surface area contributed by atoms with Crippen molar-refractivity contribution in [1.82, 2.24) is 18.8 Å². The molecule has 1 fully saturated rings. The van der Waals surface area contributed by atoms with Gasteiger partial charge in [0, 0.05) is 31.9 Å². The standard InChI is InChI=1S/C22H23FN4O3S/c1-16-3-8-21(17(2)13-16)31(29,30)26-11-9-25(10-12-26)22(28)20-14-24-15-27(20)19-6-4-18(23)5-7-19/h3-8,13-15H,9-12H2,1-2H3. The van der Waals surface area contributed by atoms with Crippen LogP contribution in [0.25, 0.3) is 5.69 Å². The van der Waals surface area contributed by atoms with Crippen molar-refractivity contribution in [3.8, 4) is 5.69 Å². The molecule has 0 N–H and O–H groups in total. The molecule has 0 radical (unpaired) electrons. The van der Waals surface area contributed by atoms with E-state index in [9.17, 15) is 17.6 Å². The van der Waals surface area contributed by atoms with Gasteiger partial charge in [0.25, 0.3) is 5.91 Å². The molecular weight excluding hydrogens is 419 g/mol. The van der Waals surface area contributed by atoms with Crippen LogP contribution in [0.1, 0.15) is 21.6 Å². The van der Waals surface area contributed by atoms with Crippen molar-refractivity contribution >= 4 is 15.9 Å². The Hall–Kier alpha value is -3.04. The van der Waals surface area contributed by atoms with Crippen molar-refractivity contribution in [3.63, 3.8) is 0 Å². The number of hydrogen-bond acceptors (Lipinski definition) is 4. The van der Waals surface area contributed by atoms with E-state index in [4.69, 9.17) is 0 Å². The van der Waals surface area contributed by atoms with Crippen LogP contribution in [0, 0.1) is 19.7 Å². The number of halogens is 1. The summed E-state index contributed by atoms with van der Waals surface area (Å²) in [6.45, 7) is 4.69. The summed E-state index contributed by atoms with van der Waals surface area (Å²) in [4.78, 5) is 19.0. The molecule has 0 atom stereocenters. The van der Waals surface area contributed by atoms with Crippen LogP contribution >= 0.6 is 0 Å². The van der Waals surface area contributed by atoms with Crippen LogP contribution < -0.4 is 0 Å². The molecule has 1 aliphatic heterocycles. The number of sulfonamides is 1. The highest BCUT2D eigenvalue weighted by molar-refractivity contribution is 7.89. The lowest BCUT2D eigenvalue weighted by atomic mass is 10.2. The molecule has 1 aromatic heterocycles. The maximum Gasteiger partial charge on any atom is 0.272 e. The van der Waals surface area contributed by atoms with Gasteiger partial charge in [0.1, 0.15) is 11.5 Å². The zero-order valence-corrected chi connectivity index (χ0v) is 18.1. The Bertz CT molecular complexity index is 1210. The van der Waals surface area contributed by atoms with Gasteiger partial charge in [-0.1, -0.05) is 17.7 Å². The van der Waals surface area contributed by atoms with Crippen LogP contribution in [0.15, 0.2) is 59.9 Å². The van der Waals surface area contributed by atoms with E-state index < -0.39 is 10.0 Å². The second kappa shape index (κ2) is 8.24. The Balaban J connectivity index is 1.49. The molecule has 0 unspecified atom stereocenters. The van der Waals surface area contributed by atoms with Gasteiger partial charge in [-0.05, 0) is 49.7 Å². The fourth-order valence-corrected chi connectivity index (χ4v) is 5.41. The van der Waals surface area contributed by atoms with E-state index in [1.54, 1.807) is 40.7 Å². The summed E-state index contributed by atoms with van der Waals surface area (Å²) in [5, 5.41) is 0. The molecular formula is C22H23FN4O3S. The summed E-state index contributed by atoms with van der Waals surface area (Å²) < 4.78 is 42.4. The van der Waals surface area contributed by atoms with Gasteiger partial charge < -0.3 is 4.90 Å². The summed E-state index contributed by atoms with van der Waals surface area (Å²) in [7, 11) is -3.63. The zero-order chi connectivity index (χ0) is 22.2. The predicted molar refractivity (Wildman–Crippen MR) is 114 cm³/mol. The number of carbonyl (C=O) groups is 1. The number of nitrogens with zero attached hydrogens (tertiary/aromatic N) is 4. The van der Waals surface area contributed by atoms with E-state index in [-0.39, 0.29) is 37.9 Å².